The maximum Gasteiger partial charge on any atom is 0.455 e. The molecular weight excluding hydrogens is 506 g/mol. The number of para-hydroxylation sites is 1. The van der Waals surface area contributed by atoms with E-state index in [4.69, 9.17) is 27.9 Å². The summed E-state index contributed by atoms with van der Waals surface area (Å²) >= 11 is 12.4. The van der Waals surface area contributed by atoms with Gasteiger partial charge < -0.3 is 26.0 Å². The molecule has 2 aromatic carbocycles. The van der Waals surface area contributed by atoms with Crippen LogP contribution >= 0.6 is 23.2 Å². The fraction of sp³-hybridized carbons (Fsp3) is 0.381. The van der Waals surface area contributed by atoms with Crippen molar-refractivity contribution in [3.63, 3.8) is 0 Å². The summed E-state index contributed by atoms with van der Waals surface area (Å²) < 4.78 is 70.0. The van der Waals surface area contributed by atoms with Gasteiger partial charge in [0.25, 0.3) is 5.91 Å². The maximum absolute atomic E-state index is 13.3. The molecule has 0 spiro atoms. The van der Waals surface area contributed by atoms with Gasteiger partial charge in [0.05, 0.1) is 39.2 Å². The van der Waals surface area contributed by atoms with Crippen LogP contribution in [0.2, 0.25) is 10.0 Å². The van der Waals surface area contributed by atoms with Gasteiger partial charge in [0.15, 0.2) is 6.29 Å². The first-order valence-electron chi connectivity index (χ1n) is 10.0. The van der Waals surface area contributed by atoms with Crippen molar-refractivity contribution in [1.29, 1.82) is 0 Å². The summed E-state index contributed by atoms with van der Waals surface area (Å²) in [5.74, 6) is -6.08. The molecule has 0 aliphatic carbocycles. The lowest BCUT2D eigenvalue weighted by Crippen LogP contribution is -2.46. The minimum atomic E-state index is -5.79. The molecule has 6 nitrogen and oxygen atoms in total. The number of benzene rings is 2. The van der Waals surface area contributed by atoms with Crippen LogP contribution in [0.1, 0.15) is 29.8 Å². The fourth-order valence-corrected chi connectivity index (χ4v) is 4.27. The van der Waals surface area contributed by atoms with E-state index in [2.05, 4.69) is 16.0 Å². The number of rotatable bonds is 5. The molecule has 2 heterocycles. The molecule has 0 bridgehead atoms. The number of alkyl halides is 5. The molecule has 34 heavy (non-hydrogen) atoms. The van der Waals surface area contributed by atoms with Gasteiger partial charge in [0.2, 0.25) is 0 Å². The average Bonchev–Trinajstić information content (AvgIpc) is 3.26. The minimum absolute atomic E-state index is 0.113. The lowest BCUT2D eigenvalue weighted by atomic mass is 9.97. The van der Waals surface area contributed by atoms with E-state index in [9.17, 15) is 26.7 Å². The molecule has 1 amide bonds. The molecule has 13 heteroatoms. The van der Waals surface area contributed by atoms with Crippen LogP contribution in [-0.4, -0.2) is 36.4 Å². The highest BCUT2D eigenvalue weighted by Crippen LogP contribution is 2.48. The second kappa shape index (κ2) is 8.23. The summed E-state index contributed by atoms with van der Waals surface area (Å²) in [5, 5.41) is 11.8. The summed E-state index contributed by atoms with van der Waals surface area (Å²) in [7, 11) is 0. The monoisotopic (exact) mass is 524 g/mol. The molecular formula is C21H19Cl2F5N4O2. The number of amides is 1. The largest absolute Gasteiger partial charge is 0.486 e. The van der Waals surface area contributed by atoms with Gasteiger partial charge in [-0.3, -0.25) is 4.79 Å². The zero-order chi connectivity index (χ0) is 25.1. The second-order valence-corrected chi connectivity index (χ2v) is 9.35. The van der Waals surface area contributed by atoms with Crippen LogP contribution in [0.5, 0.6) is 5.75 Å². The van der Waals surface area contributed by atoms with E-state index in [1.165, 1.54) is 6.07 Å². The smallest absolute Gasteiger partial charge is 0.455 e. The average molecular weight is 525 g/mol. The number of fused-ring (bicyclic) bond motifs is 3. The van der Waals surface area contributed by atoms with Crippen molar-refractivity contribution in [1.82, 2.24) is 5.32 Å². The molecule has 2 aliphatic rings. The van der Waals surface area contributed by atoms with Gasteiger partial charge in [-0.1, -0.05) is 29.3 Å². The first-order chi connectivity index (χ1) is 15.7. The van der Waals surface area contributed by atoms with E-state index in [0.29, 0.717) is 39.1 Å². The molecule has 1 atom stereocenters. The summed E-state index contributed by atoms with van der Waals surface area (Å²) in [6.45, 7) is 1.63. The predicted octanol–water partition coefficient (Wildman–Crippen LogP) is 5.87. The van der Waals surface area contributed by atoms with Gasteiger partial charge in [-0.2, -0.15) is 22.0 Å². The van der Waals surface area contributed by atoms with Crippen molar-refractivity contribution >= 4 is 46.2 Å². The number of ether oxygens (including phenoxy) is 1. The van der Waals surface area contributed by atoms with E-state index in [0.717, 1.165) is 0 Å². The minimum Gasteiger partial charge on any atom is -0.486 e. The fourth-order valence-electron chi connectivity index (χ4n) is 3.77. The molecule has 0 aromatic heterocycles. The Kier molecular flexibility index (Phi) is 5.92. The number of anilines is 3. The lowest BCUT2D eigenvalue weighted by molar-refractivity contribution is -0.278. The number of hydrogen-bond donors (Lipinski definition) is 4. The van der Waals surface area contributed by atoms with Crippen molar-refractivity contribution in [2.24, 2.45) is 0 Å². The van der Waals surface area contributed by atoms with Gasteiger partial charge in [-0.25, -0.2) is 0 Å². The highest BCUT2D eigenvalue weighted by molar-refractivity contribution is 6.39. The molecule has 0 radical (unpaired) electrons. The zero-order valence-electron chi connectivity index (χ0n) is 17.8. The van der Waals surface area contributed by atoms with Crippen LogP contribution in [0.3, 0.4) is 0 Å². The summed E-state index contributed by atoms with van der Waals surface area (Å²) in [6, 6.07) is 6.30. The Morgan fingerprint density at radius 1 is 1.18 bits per heavy atom. The van der Waals surface area contributed by atoms with Crippen molar-refractivity contribution in [3.05, 3.63) is 45.4 Å². The van der Waals surface area contributed by atoms with E-state index in [-0.39, 0.29) is 11.3 Å². The molecule has 2 aliphatic heterocycles. The number of nitrogens with one attached hydrogen (secondary N) is 4. The van der Waals surface area contributed by atoms with Crippen LogP contribution < -0.4 is 26.0 Å². The van der Waals surface area contributed by atoms with Gasteiger partial charge in [0.1, 0.15) is 11.4 Å². The third-order valence-corrected chi connectivity index (χ3v) is 5.96. The Labute approximate surface area is 201 Å². The van der Waals surface area contributed by atoms with Crippen molar-refractivity contribution in [2.75, 3.05) is 22.5 Å². The maximum atomic E-state index is 13.3. The zero-order valence-corrected chi connectivity index (χ0v) is 19.3. The molecule has 0 saturated carbocycles. The van der Waals surface area contributed by atoms with Crippen LogP contribution in [0.15, 0.2) is 24.3 Å². The quantitative estimate of drug-likeness (QED) is 0.368. The molecule has 0 saturated heterocycles. The van der Waals surface area contributed by atoms with Crippen molar-refractivity contribution in [3.8, 4) is 5.75 Å². The number of carbonyl (C=O) groups excluding carboxylic acids is 1. The van der Waals surface area contributed by atoms with Crippen LogP contribution in [-0.2, 0) is 6.42 Å². The molecule has 0 fully saturated rings. The molecule has 2 aromatic rings. The van der Waals surface area contributed by atoms with E-state index in [1.807, 2.05) is 0 Å². The summed E-state index contributed by atoms with van der Waals surface area (Å²) in [4.78, 5) is 12.7. The first kappa shape index (κ1) is 24.5. The van der Waals surface area contributed by atoms with Gasteiger partial charge in [-0.05, 0) is 32.0 Å². The number of halogens is 7. The third kappa shape index (κ3) is 4.50. The lowest BCUT2D eigenvalue weighted by Gasteiger charge is -2.21. The van der Waals surface area contributed by atoms with E-state index >= 15 is 0 Å². The van der Waals surface area contributed by atoms with Crippen LogP contribution in [0.4, 0.5) is 39.0 Å². The standard InChI is InChI=1S/C21H19Cl2F5N4O2/c1-19(2)7-10-14-13(30-18(31-14)32-15-11(22)4-3-5-12(15)23)6-9(16(10)34-19)17(33)29-8-20(24,25)21(26,27)28/h3-6,18,30-32H,7-8H2,1-2H3,(H,29,33). The second-order valence-electron chi connectivity index (χ2n) is 8.54. The molecule has 1 unspecified atom stereocenters. The van der Waals surface area contributed by atoms with E-state index < -0.39 is 36.4 Å². The van der Waals surface area contributed by atoms with Gasteiger partial charge in [-0.15, -0.1) is 0 Å². The Morgan fingerprint density at radius 2 is 1.82 bits per heavy atom. The van der Waals surface area contributed by atoms with Crippen LogP contribution in [0, 0.1) is 0 Å². The van der Waals surface area contributed by atoms with Gasteiger partial charge in [0, 0.05) is 12.0 Å². The summed E-state index contributed by atoms with van der Waals surface area (Å²) in [5.41, 5.74) is 1.15. The third-order valence-electron chi connectivity index (χ3n) is 5.33. The highest BCUT2D eigenvalue weighted by Gasteiger charge is 2.57. The predicted molar refractivity (Wildman–Crippen MR) is 119 cm³/mol. The van der Waals surface area contributed by atoms with Crippen molar-refractivity contribution < 1.29 is 31.5 Å². The number of carbonyl (C=O) groups is 1. The van der Waals surface area contributed by atoms with Crippen LogP contribution in [0.25, 0.3) is 0 Å². The molecule has 184 valence electrons. The topological polar surface area (TPSA) is 74.4 Å². The van der Waals surface area contributed by atoms with E-state index in [1.54, 1.807) is 37.4 Å². The summed E-state index contributed by atoms with van der Waals surface area (Å²) in [6.07, 6.45) is -6.05. The Hall–Kier alpha value is -2.66. The highest BCUT2D eigenvalue weighted by atomic mass is 35.5. The molecule has 4 N–H and O–H groups in total. The Morgan fingerprint density at radius 3 is 2.44 bits per heavy atom. The SMILES string of the molecule is CC1(C)Cc2c3c(cc(C(=O)NCC(F)(F)C(F)(F)F)c2O1)NC(Nc1c(Cl)cccc1Cl)N3. The Balaban J connectivity index is 1.62. The number of hydrogen-bond acceptors (Lipinski definition) is 5. The first-order valence-corrected chi connectivity index (χ1v) is 10.8. The normalized spacial score (nSPS) is 18.3. The van der Waals surface area contributed by atoms with Crippen molar-refractivity contribution in [2.45, 2.75) is 44.3 Å². The molecule has 4 rings (SSSR count). The van der Waals surface area contributed by atoms with Gasteiger partial charge >= 0.3 is 12.1 Å². The Bertz CT molecular complexity index is 1140.